The van der Waals surface area contributed by atoms with Gasteiger partial charge in [-0.05, 0) is 25.7 Å². The summed E-state index contributed by atoms with van der Waals surface area (Å²) in [6.07, 6.45) is 0.0344. The second kappa shape index (κ2) is 8.22. The van der Waals surface area contributed by atoms with Crippen molar-refractivity contribution in [2.75, 3.05) is 11.7 Å². The van der Waals surface area contributed by atoms with Crippen LogP contribution in [0.5, 0.6) is 0 Å². The molecule has 3 nitrogen and oxygen atoms in total. The van der Waals surface area contributed by atoms with Crippen molar-refractivity contribution in [1.82, 2.24) is 0 Å². The molecule has 2 unspecified atom stereocenters. The van der Waals surface area contributed by atoms with E-state index in [1.807, 2.05) is 20.8 Å². The Labute approximate surface area is 110 Å². The summed E-state index contributed by atoms with van der Waals surface area (Å²) in [7, 11) is -0.958. The zero-order valence-electron chi connectivity index (χ0n) is 10.5. The van der Waals surface area contributed by atoms with Crippen molar-refractivity contribution in [1.29, 1.82) is 0 Å². The van der Waals surface area contributed by atoms with Gasteiger partial charge in [-0.3, -0.25) is 4.21 Å². The molecule has 0 spiro atoms. The molecule has 0 N–H and O–H groups in total. The van der Waals surface area contributed by atoms with Crippen LogP contribution < -0.4 is 0 Å². The Bertz CT molecular complexity index is 255. The second-order valence-corrected chi connectivity index (χ2v) is 12.2. The van der Waals surface area contributed by atoms with Crippen molar-refractivity contribution < 1.29 is 13.3 Å². The minimum atomic E-state index is -2.34. The van der Waals surface area contributed by atoms with Gasteiger partial charge in [0.1, 0.15) is 5.94 Å². The molecule has 0 aromatic rings. The van der Waals surface area contributed by atoms with Crippen molar-refractivity contribution in [3.63, 3.8) is 0 Å². The highest BCUT2D eigenvalue weighted by Gasteiger charge is 2.24. The van der Waals surface area contributed by atoms with E-state index in [4.69, 9.17) is 20.9 Å². The predicted octanol–water partition coefficient (Wildman–Crippen LogP) is 3.52. The fourth-order valence-electron chi connectivity index (χ4n) is 0.809. The van der Waals surface area contributed by atoms with Crippen LogP contribution in [0.15, 0.2) is 0 Å². The van der Waals surface area contributed by atoms with Gasteiger partial charge >= 0.3 is 0 Å². The Morgan fingerprint density at radius 2 is 1.94 bits per heavy atom. The molecule has 7 heteroatoms. The summed E-state index contributed by atoms with van der Waals surface area (Å²) in [5.41, 5.74) is -2.34. The van der Waals surface area contributed by atoms with Crippen molar-refractivity contribution in [2.45, 2.75) is 46.0 Å². The molecule has 0 fully saturated rings. The Balaban J connectivity index is 4.41. The Morgan fingerprint density at radius 1 is 1.38 bits per heavy atom. The summed E-state index contributed by atoms with van der Waals surface area (Å²) < 4.78 is 22.6. The normalized spacial score (nSPS) is 17.7. The Hall–Kier alpha value is 1.07. The summed E-state index contributed by atoms with van der Waals surface area (Å²) in [6.45, 7) is 9.83. The van der Waals surface area contributed by atoms with Crippen LogP contribution in [0.4, 0.5) is 0 Å². The van der Waals surface area contributed by atoms with Gasteiger partial charge in [0, 0.05) is 21.8 Å². The van der Waals surface area contributed by atoms with Gasteiger partial charge in [-0.1, -0.05) is 32.2 Å². The van der Waals surface area contributed by atoms with E-state index >= 15 is 0 Å². The lowest BCUT2D eigenvalue weighted by Gasteiger charge is -2.24. The third-order valence-electron chi connectivity index (χ3n) is 1.34. The van der Waals surface area contributed by atoms with E-state index in [1.54, 1.807) is 0 Å². The second-order valence-electron chi connectivity index (χ2n) is 3.73. The van der Waals surface area contributed by atoms with Crippen molar-refractivity contribution in [3.05, 3.63) is 0 Å². The molecule has 0 amide bonds. The molecule has 0 saturated heterocycles. The fraction of sp³-hybridized carbons (Fsp3) is 1.00. The molecule has 0 aromatic carbocycles. The minimum Gasteiger partial charge on any atom is -0.319 e. The lowest BCUT2D eigenvalue weighted by molar-refractivity contribution is 0.229. The Kier molecular flexibility index (Phi) is 8.77. The van der Waals surface area contributed by atoms with E-state index in [0.717, 1.165) is 0 Å². The van der Waals surface area contributed by atoms with Gasteiger partial charge in [-0.25, -0.2) is 0 Å². The molecular weight excluding hydrogens is 283 g/mol. The van der Waals surface area contributed by atoms with Gasteiger partial charge < -0.3 is 9.05 Å². The van der Waals surface area contributed by atoms with E-state index in [-0.39, 0.29) is 12.0 Å². The van der Waals surface area contributed by atoms with Crippen LogP contribution in [0, 0.1) is 0 Å². The highest BCUT2D eigenvalue weighted by molar-refractivity contribution is 8.68. The predicted molar refractivity (Wildman–Crippen MR) is 77.9 cm³/mol. The molecule has 0 aromatic heterocycles. The maximum Gasteiger partial charge on any atom is 0.248 e. The first-order valence-electron chi connectivity index (χ1n) is 5.25. The third kappa shape index (κ3) is 8.20. The van der Waals surface area contributed by atoms with Gasteiger partial charge in [-0.15, -0.1) is 0 Å². The lowest BCUT2D eigenvalue weighted by Crippen LogP contribution is -2.07. The third-order valence-corrected chi connectivity index (χ3v) is 8.31. The van der Waals surface area contributed by atoms with Crippen molar-refractivity contribution in [3.8, 4) is 0 Å². The summed E-state index contributed by atoms with van der Waals surface area (Å²) >= 11 is 6.95. The van der Waals surface area contributed by atoms with Gasteiger partial charge in [0.15, 0.2) is 0 Å². The fourth-order valence-corrected chi connectivity index (χ4v) is 8.40. The van der Waals surface area contributed by atoms with Gasteiger partial charge in [0.05, 0.1) is 6.10 Å². The van der Waals surface area contributed by atoms with Crippen LogP contribution >= 0.6 is 17.1 Å². The highest BCUT2D eigenvalue weighted by Crippen LogP contribution is 2.63. The maximum absolute atomic E-state index is 11.3. The van der Waals surface area contributed by atoms with Gasteiger partial charge in [0.25, 0.3) is 0 Å². The molecule has 0 aliphatic heterocycles. The van der Waals surface area contributed by atoms with E-state index in [2.05, 4.69) is 13.8 Å². The summed E-state index contributed by atoms with van der Waals surface area (Å²) in [4.78, 5) is 0. The maximum atomic E-state index is 11.3. The van der Waals surface area contributed by atoms with Crippen molar-refractivity contribution in [2.24, 2.45) is 0 Å². The first-order chi connectivity index (χ1) is 7.29. The van der Waals surface area contributed by atoms with Crippen LogP contribution in [0.25, 0.3) is 0 Å². The molecule has 16 heavy (non-hydrogen) atoms. The van der Waals surface area contributed by atoms with Crippen LogP contribution in [0.1, 0.15) is 34.6 Å². The summed E-state index contributed by atoms with van der Waals surface area (Å²) in [5, 5.41) is 0.347. The molecule has 0 bridgehead atoms. The smallest absolute Gasteiger partial charge is 0.248 e. The van der Waals surface area contributed by atoms with Crippen molar-refractivity contribution >= 4 is 39.7 Å². The molecule has 0 aliphatic rings. The summed E-state index contributed by atoms with van der Waals surface area (Å²) in [5.74, 6) is 0.767. The molecule has 2 atom stereocenters. The molecule has 0 aliphatic carbocycles. The zero-order valence-corrected chi connectivity index (χ0v) is 13.8. The van der Waals surface area contributed by atoms with Gasteiger partial charge in [0.2, 0.25) is 5.69 Å². The average Bonchev–Trinajstić information content (AvgIpc) is 2.11. The number of rotatable bonds is 8. The van der Waals surface area contributed by atoms with E-state index in [0.29, 0.717) is 11.0 Å². The zero-order chi connectivity index (χ0) is 12.8. The van der Waals surface area contributed by atoms with E-state index in [1.165, 1.54) is 11.4 Å². The van der Waals surface area contributed by atoms with Crippen LogP contribution in [-0.4, -0.2) is 27.3 Å². The molecule has 0 heterocycles. The SMILES string of the molecule is CCS(=O)COP(=S)(OC(C)C)SC(C)C. The largest absolute Gasteiger partial charge is 0.319 e. The molecular formula is C9H21O3PS3. The van der Waals surface area contributed by atoms with Crippen LogP contribution in [0.3, 0.4) is 0 Å². The van der Waals surface area contributed by atoms with Crippen LogP contribution in [-0.2, 0) is 31.7 Å². The number of hydrogen-bond donors (Lipinski definition) is 0. The monoisotopic (exact) mass is 304 g/mol. The van der Waals surface area contributed by atoms with Crippen LogP contribution in [0.2, 0.25) is 0 Å². The first-order valence-corrected chi connectivity index (χ1v) is 10.9. The molecule has 0 radical (unpaired) electrons. The minimum absolute atomic E-state index is 0.0344. The average molecular weight is 304 g/mol. The number of hydrogen-bond acceptors (Lipinski definition) is 5. The standard InChI is InChI=1S/C9H21O3PS3/c1-6-16(10)7-11-13(14,12-8(2)3)15-9(4)5/h8-9H,6-7H2,1-5H3. The van der Waals surface area contributed by atoms with E-state index < -0.39 is 16.5 Å². The first kappa shape index (κ1) is 17.1. The summed E-state index contributed by atoms with van der Waals surface area (Å²) in [6, 6.07) is 0. The van der Waals surface area contributed by atoms with E-state index in [9.17, 15) is 4.21 Å². The molecule has 98 valence electrons. The molecule has 0 rings (SSSR count). The van der Waals surface area contributed by atoms with Gasteiger partial charge in [-0.2, -0.15) is 0 Å². The Morgan fingerprint density at radius 3 is 2.31 bits per heavy atom. The molecule has 0 saturated carbocycles. The highest BCUT2D eigenvalue weighted by atomic mass is 32.9. The lowest BCUT2D eigenvalue weighted by atomic mass is 10.5. The topological polar surface area (TPSA) is 35.5 Å². The quantitative estimate of drug-likeness (QED) is 0.641.